The normalized spacial score (nSPS) is 16.6. The molecule has 0 radical (unpaired) electrons. The van der Waals surface area contributed by atoms with Gasteiger partial charge in [-0.05, 0) is 23.3 Å². The number of halogens is 4. The second-order valence-corrected chi connectivity index (χ2v) is 9.83. The first-order valence-electron chi connectivity index (χ1n) is 8.93. The van der Waals surface area contributed by atoms with E-state index in [1.54, 1.807) is 0 Å². The summed E-state index contributed by atoms with van der Waals surface area (Å²) in [6, 6.07) is 15.9. The summed E-state index contributed by atoms with van der Waals surface area (Å²) in [7, 11) is 0. The smallest absolute Gasteiger partial charge is 0.416 e. The van der Waals surface area contributed by atoms with Crippen LogP contribution < -0.4 is 5.32 Å². The minimum atomic E-state index is -1.62. The zero-order valence-corrected chi connectivity index (χ0v) is 18.2. The summed E-state index contributed by atoms with van der Waals surface area (Å²) >= 11 is 23.2. The van der Waals surface area contributed by atoms with E-state index in [9.17, 15) is 4.79 Å². The molecular formula is C20H21Cl4N2O2+. The molecule has 1 heterocycles. The fourth-order valence-electron chi connectivity index (χ4n) is 3.30. The SMILES string of the molecule is O=C(OCC(Cl)(Cl)Cl)[N+]1(Cc2ccc(-c3ccc(Cl)cc3)cc2)CCNCC1. The van der Waals surface area contributed by atoms with E-state index in [-0.39, 0.29) is 17.2 Å². The molecule has 28 heavy (non-hydrogen) atoms. The summed E-state index contributed by atoms with van der Waals surface area (Å²) in [5.41, 5.74) is 3.22. The number of nitrogens with zero attached hydrogens (tertiary/aromatic N) is 1. The summed E-state index contributed by atoms with van der Waals surface area (Å²) in [6.07, 6.45) is -0.366. The maximum Gasteiger partial charge on any atom is 0.516 e. The number of piperazine rings is 1. The number of ether oxygens (including phenoxy) is 1. The highest BCUT2D eigenvalue weighted by atomic mass is 35.6. The van der Waals surface area contributed by atoms with Gasteiger partial charge in [-0.15, -0.1) is 0 Å². The molecule has 0 aliphatic carbocycles. The highest BCUT2D eigenvalue weighted by Crippen LogP contribution is 2.28. The third-order valence-electron chi connectivity index (χ3n) is 4.80. The van der Waals surface area contributed by atoms with Crippen LogP contribution in [0.15, 0.2) is 48.5 Å². The zero-order valence-electron chi connectivity index (χ0n) is 15.1. The summed E-state index contributed by atoms with van der Waals surface area (Å²) < 4.78 is 3.88. The Morgan fingerprint density at radius 2 is 1.50 bits per heavy atom. The Morgan fingerprint density at radius 3 is 2.04 bits per heavy atom. The van der Waals surface area contributed by atoms with Gasteiger partial charge < -0.3 is 10.1 Å². The summed E-state index contributed by atoms with van der Waals surface area (Å²) in [4.78, 5) is 12.8. The first-order chi connectivity index (χ1) is 13.3. The molecule has 0 spiro atoms. The second-order valence-electron chi connectivity index (χ2n) is 6.87. The van der Waals surface area contributed by atoms with Crippen LogP contribution in [0, 0.1) is 0 Å². The molecule has 1 aliphatic heterocycles. The molecule has 2 aromatic rings. The van der Waals surface area contributed by atoms with Gasteiger partial charge in [-0.1, -0.05) is 82.8 Å². The van der Waals surface area contributed by atoms with Crippen LogP contribution in [-0.4, -0.2) is 47.2 Å². The van der Waals surface area contributed by atoms with E-state index < -0.39 is 3.79 Å². The molecule has 0 bridgehead atoms. The minimum absolute atomic E-state index is 0.175. The molecule has 1 amide bonds. The Morgan fingerprint density at radius 1 is 0.964 bits per heavy atom. The lowest BCUT2D eigenvalue weighted by molar-refractivity contribution is -0.873. The topological polar surface area (TPSA) is 38.3 Å². The van der Waals surface area contributed by atoms with Crippen molar-refractivity contribution in [3.63, 3.8) is 0 Å². The number of rotatable bonds is 4. The molecule has 8 heteroatoms. The van der Waals surface area contributed by atoms with Gasteiger partial charge in [0.15, 0.2) is 0 Å². The van der Waals surface area contributed by atoms with Crippen molar-refractivity contribution < 1.29 is 14.0 Å². The van der Waals surface area contributed by atoms with Crippen molar-refractivity contribution in [1.29, 1.82) is 0 Å². The van der Waals surface area contributed by atoms with Gasteiger partial charge in [0.05, 0.1) is 0 Å². The highest BCUT2D eigenvalue weighted by Gasteiger charge is 2.41. The molecule has 1 fully saturated rings. The Hall–Kier alpha value is -1.01. The zero-order chi connectivity index (χ0) is 20.2. The van der Waals surface area contributed by atoms with Crippen molar-refractivity contribution >= 4 is 52.5 Å². The predicted molar refractivity (Wildman–Crippen MR) is 115 cm³/mol. The molecule has 1 aliphatic rings. The van der Waals surface area contributed by atoms with Crippen LogP contribution in [0.5, 0.6) is 0 Å². The van der Waals surface area contributed by atoms with Crippen molar-refractivity contribution in [2.75, 3.05) is 32.8 Å². The van der Waals surface area contributed by atoms with Crippen molar-refractivity contribution in [1.82, 2.24) is 5.32 Å². The lowest BCUT2D eigenvalue weighted by atomic mass is 10.0. The third kappa shape index (κ3) is 5.76. The quantitative estimate of drug-likeness (QED) is 0.486. The number of benzene rings is 2. The van der Waals surface area contributed by atoms with Gasteiger partial charge in [0, 0.05) is 23.7 Å². The molecule has 1 saturated heterocycles. The molecule has 0 unspecified atom stereocenters. The lowest BCUT2D eigenvalue weighted by Crippen LogP contribution is -2.61. The van der Waals surface area contributed by atoms with Gasteiger partial charge in [-0.3, -0.25) is 0 Å². The van der Waals surface area contributed by atoms with E-state index in [4.69, 9.17) is 51.1 Å². The lowest BCUT2D eigenvalue weighted by Gasteiger charge is -2.37. The molecule has 150 valence electrons. The maximum absolute atomic E-state index is 12.8. The molecule has 1 N–H and O–H groups in total. The second kappa shape index (κ2) is 9.21. The molecule has 4 nitrogen and oxygen atoms in total. The molecule has 3 rings (SSSR count). The van der Waals surface area contributed by atoms with Gasteiger partial charge in [0.2, 0.25) is 3.79 Å². The van der Waals surface area contributed by atoms with Crippen LogP contribution in [0.1, 0.15) is 5.56 Å². The summed E-state index contributed by atoms with van der Waals surface area (Å²) in [5, 5.41) is 3.98. The number of quaternary nitrogens is 1. The van der Waals surface area contributed by atoms with E-state index in [0.29, 0.717) is 24.7 Å². The molecule has 0 atom stereocenters. The third-order valence-corrected chi connectivity index (χ3v) is 5.38. The average Bonchev–Trinajstić information content (AvgIpc) is 2.67. The first-order valence-corrected chi connectivity index (χ1v) is 10.4. The van der Waals surface area contributed by atoms with E-state index in [0.717, 1.165) is 29.8 Å². The van der Waals surface area contributed by atoms with Gasteiger partial charge in [-0.25, -0.2) is 4.48 Å². The van der Waals surface area contributed by atoms with Crippen molar-refractivity contribution in [3.05, 3.63) is 59.1 Å². The number of hydrogen-bond donors (Lipinski definition) is 1. The Kier molecular flexibility index (Phi) is 7.13. The van der Waals surface area contributed by atoms with Gasteiger partial charge >= 0.3 is 6.09 Å². The van der Waals surface area contributed by atoms with Crippen LogP contribution >= 0.6 is 46.4 Å². The standard InChI is InChI=1S/C20H21Cl4N2O2/c21-18-7-5-17(6-8-18)16-3-1-15(2-4-16)13-26(11-9-25-10-12-26)19(27)28-14-20(22,23)24/h1-8,25H,9-14H2/q+1. The van der Waals surface area contributed by atoms with Crippen molar-refractivity contribution in [3.8, 4) is 11.1 Å². The van der Waals surface area contributed by atoms with Crippen LogP contribution in [0.25, 0.3) is 11.1 Å². The monoisotopic (exact) mass is 461 g/mol. The first kappa shape index (κ1) is 21.7. The number of hydrogen-bond acceptors (Lipinski definition) is 3. The molecular weight excluding hydrogens is 442 g/mol. The van der Waals surface area contributed by atoms with Crippen LogP contribution in [-0.2, 0) is 11.3 Å². The number of carbonyl (C=O) groups is 1. The van der Waals surface area contributed by atoms with Crippen LogP contribution in [0.2, 0.25) is 5.02 Å². The van der Waals surface area contributed by atoms with Gasteiger partial charge in [-0.2, -0.15) is 4.79 Å². The number of nitrogens with one attached hydrogen (secondary N) is 1. The van der Waals surface area contributed by atoms with Gasteiger partial charge in [0.1, 0.15) is 26.2 Å². The van der Waals surface area contributed by atoms with Crippen LogP contribution in [0.3, 0.4) is 0 Å². The Bertz CT molecular complexity index is 798. The maximum atomic E-state index is 12.8. The number of carbonyl (C=O) groups excluding carboxylic acids is 1. The van der Waals surface area contributed by atoms with E-state index in [2.05, 4.69) is 5.32 Å². The Labute approximate surface area is 184 Å². The van der Waals surface area contributed by atoms with Crippen molar-refractivity contribution in [2.24, 2.45) is 0 Å². The highest BCUT2D eigenvalue weighted by molar-refractivity contribution is 6.67. The molecule has 2 aromatic carbocycles. The summed E-state index contributed by atoms with van der Waals surface area (Å²) in [5.74, 6) is 0. The van der Waals surface area contributed by atoms with E-state index in [1.807, 2.05) is 48.5 Å². The van der Waals surface area contributed by atoms with Crippen molar-refractivity contribution in [2.45, 2.75) is 10.3 Å². The average molecular weight is 463 g/mol. The minimum Gasteiger partial charge on any atom is -0.416 e. The fourth-order valence-corrected chi connectivity index (χ4v) is 3.59. The van der Waals surface area contributed by atoms with E-state index in [1.165, 1.54) is 0 Å². The molecule has 0 aromatic heterocycles. The largest absolute Gasteiger partial charge is 0.516 e. The Balaban J connectivity index is 1.75. The number of amides is 1. The molecule has 0 saturated carbocycles. The predicted octanol–water partition coefficient (Wildman–Crippen LogP) is 5.43. The number of alkyl halides is 3. The summed E-state index contributed by atoms with van der Waals surface area (Å²) in [6.45, 7) is 2.97. The van der Waals surface area contributed by atoms with Crippen LogP contribution in [0.4, 0.5) is 4.79 Å². The fraction of sp³-hybridized carbons (Fsp3) is 0.350. The van der Waals surface area contributed by atoms with E-state index >= 15 is 0 Å². The van der Waals surface area contributed by atoms with Gasteiger partial charge in [0.25, 0.3) is 0 Å².